The highest BCUT2D eigenvalue weighted by atomic mass is 16.6. The first-order valence-corrected chi connectivity index (χ1v) is 9.66. The first kappa shape index (κ1) is 21.1. The van der Waals surface area contributed by atoms with Gasteiger partial charge in [0.2, 0.25) is 5.95 Å². The Morgan fingerprint density at radius 3 is 2.60 bits per heavy atom. The average molecular weight is 407 g/mol. The van der Waals surface area contributed by atoms with Crippen LogP contribution in [0.15, 0.2) is 54.9 Å². The molecular formula is C21H25N7O2. The molecule has 0 aliphatic rings. The molecule has 2 heterocycles. The van der Waals surface area contributed by atoms with Crippen LogP contribution in [-0.4, -0.2) is 52.0 Å². The largest absolute Gasteiger partial charge is 0.366 e. The van der Waals surface area contributed by atoms with E-state index >= 15 is 0 Å². The Morgan fingerprint density at radius 2 is 1.87 bits per heavy atom. The van der Waals surface area contributed by atoms with Gasteiger partial charge in [-0.25, -0.2) is 4.98 Å². The molecule has 9 heteroatoms. The second kappa shape index (κ2) is 10.3. The Kier molecular flexibility index (Phi) is 7.23. The Hall–Kier alpha value is -3.59. The van der Waals surface area contributed by atoms with Crippen molar-refractivity contribution in [2.45, 2.75) is 13.0 Å². The van der Waals surface area contributed by atoms with Gasteiger partial charge >= 0.3 is 0 Å². The van der Waals surface area contributed by atoms with E-state index in [0.717, 1.165) is 36.3 Å². The lowest BCUT2D eigenvalue weighted by atomic mass is 10.2. The predicted molar refractivity (Wildman–Crippen MR) is 117 cm³/mol. The predicted octanol–water partition coefficient (Wildman–Crippen LogP) is 3.42. The van der Waals surface area contributed by atoms with Gasteiger partial charge in [0.25, 0.3) is 5.69 Å². The number of hydrogen-bond acceptors (Lipinski definition) is 8. The molecule has 0 bridgehead atoms. The van der Waals surface area contributed by atoms with Crippen molar-refractivity contribution in [3.8, 4) is 11.3 Å². The SMILES string of the molecule is CN(C)CCCNc1nc(NCc2cccc([N+](=O)[O-])c2)cc(-c2ccncc2)n1. The number of aromatic nitrogens is 3. The van der Waals surface area contributed by atoms with Crippen molar-refractivity contribution >= 4 is 17.5 Å². The van der Waals surface area contributed by atoms with E-state index in [-0.39, 0.29) is 5.69 Å². The normalized spacial score (nSPS) is 10.8. The Bertz CT molecular complexity index is 980. The lowest BCUT2D eigenvalue weighted by molar-refractivity contribution is -0.384. The fourth-order valence-corrected chi connectivity index (χ4v) is 2.86. The maximum absolute atomic E-state index is 11.0. The molecule has 9 nitrogen and oxygen atoms in total. The van der Waals surface area contributed by atoms with E-state index in [0.29, 0.717) is 18.3 Å². The van der Waals surface area contributed by atoms with E-state index in [2.05, 4.69) is 30.5 Å². The minimum atomic E-state index is -0.397. The van der Waals surface area contributed by atoms with Gasteiger partial charge in [-0.3, -0.25) is 15.1 Å². The molecule has 0 saturated heterocycles. The van der Waals surface area contributed by atoms with Gasteiger partial charge in [0, 0.05) is 49.2 Å². The molecule has 0 radical (unpaired) electrons. The topological polar surface area (TPSA) is 109 Å². The van der Waals surface area contributed by atoms with Crippen LogP contribution < -0.4 is 10.6 Å². The van der Waals surface area contributed by atoms with Crippen molar-refractivity contribution in [1.82, 2.24) is 19.9 Å². The van der Waals surface area contributed by atoms with Gasteiger partial charge < -0.3 is 15.5 Å². The van der Waals surface area contributed by atoms with Crippen molar-refractivity contribution in [1.29, 1.82) is 0 Å². The summed E-state index contributed by atoms with van der Waals surface area (Å²) in [6.45, 7) is 2.13. The molecule has 3 rings (SSSR count). The van der Waals surface area contributed by atoms with E-state index in [4.69, 9.17) is 0 Å². The molecule has 3 aromatic rings. The number of nitrogens with zero attached hydrogens (tertiary/aromatic N) is 5. The van der Waals surface area contributed by atoms with Gasteiger partial charge in [-0.15, -0.1) is 0 Å². The van der Waals surface area contributed by atoms with Crippen molar-refractivity contribution in [3.63, 3.8) is 0 Å². The minimum Gasteiger partial charge on any atom is -0.366 e. The number of anilines is 2. The number of benzene rings is 1. The van der Waals surface area contributed by atoms with Gasteiger partial charge in [-0.2, -0.15) is 4.98 Å². The fourth-order valence-electron chi connectivity index (χ4n) is 2.86. The zero-order valence-corrected chi connectivity index (χ0v) is 17.1. The Labute approximate surface area is 175 Å². The number of non-ortho nitro benzene ring substituents is 1. The van der Waals surface area contributed by atoms with Crippen LogP contribution in [0.5, 0.6) is 0 Å². The van der Waals surface area contributed by atoms with Crippen LogP contribution in [0.4, 0.5) is 17.5 Å². The van der Waals surface area contributed by atoms with Crippen LogP contribution in [0, 0.1) is 10.1 Å². The number of pyridine rings is 1. The lowest BCUT2D eigenvalue weighted by Gasteiger charge is -2.13. The van der Waals surface area contributed by atoms with Crippen LogP contribution in [0.3, 0.4) is 0 Å². The molecule has 1 aromatic carbocycles. The summed E-state index contributed by atoms with van der Waals surface area (Å²) in [5.41, 5.74) is 2.57. The third kappa shape index (κ3) is 6.21. The number of rotatable bonds is 10. The van der Waals surface area contributed by atoms with E-state index in [1.54, 1.807) is 24.5 Å². The minimum absolute atomic E-state index is 0.0673. The zero-order chi connectivity index (χ0) is 21.3. The second-order valence-electron chi connectivity index (χ2n) is 7.06. The highest BCUT2D eigenvalue weighted by Crippen LogP contribution is 2.22. The van der Waals surface area contributed by atoms with Crippen molar-refractivity contribution in [2.75, 3.05) is 37.8 Å². The molecule has 0 atom stereocenters. The first-order valence-electron chi connectivity index (χ1n) is 9.66. The van der Waals surface area contributed by atoms with Gasteiger partial charge in [-0.1, -0.05) is 12.1 Å². The number of nitrogens with one attached hydrogen (secondary N) is 2. The smallest absolute Gasteiger partial charge is 0.269 e. The quantitative estimate of drug-likeness (QED) is 0.299. The zero-order valence-electron chi connectivity index (χ0n) is 17.1. The molecule has 0 unspecified atom stereocenters. The number of nitro benzene ring substituents is 1. The molecule has 0 fully saturated rings. The highest BCUT2D eigenvalue weighted by molar-refractivity contribution is 5.64. The van der Waals surface area contributed by atoms with Crippen molar-refractivity contribution < 1.29 is 4.92 Å². The summed E-state index contributed by atoms with van der Waals surface area (Å²) < 4.78 is 0. The summed E-state index contributed by atoms with van der Waals surface area (Å²) >= 11 is 0. The third-order valence-electron chi connectivity index (χ3n) is 4.36. The van der Waals surface area contributed by atoms with E-state index < -0.39 is 4.92 Å². The second-order valence-corrected chi connectivity index (χ2v) is 7.06. The maximum atomic E-state index is 11.0. The van der Waals surface area contributed by atoms with Crippen LogP contribution in [-0.2, 0) is 6.54 Å². The Balaban J connectivity index is 1.77. The first-order chi connectivity index (χ1) is 14.5. The summed E-state index contributed by atoms with van der Waals surface area (Å²) in [6, 6.07) is 12.2. The molecule has 2 aromatic heterocycles. The van der Waals surface area contributed by atoms with E-state index in [1.807, 2.05) is 38.4 Å². The summed E-state index contributed by atoms with van der Waals surface area (Å²) in [6.07, 6.45) is 4.40. The average Bonchev–Trinajstić information content (AvgIpc) is 2.76. The number of nitro groups is 1. The van der Waals surface area contributed by atoms with Crippen molar-refractivity contribution in [3.05, 3.63) is 70.5 Å². The fraction of sp³-hybridized carbons (Fsp3) is 0.286. The lowest BCUT2D eigenvalue weighted by Crippen LogP contribution is -2.17. The van der Waals surface area contributed by atoms with Crippen LogP contribution in [0.1, 0.15) is 12.0 Å². The van der Waals surface area contributed by atoms with Gasteiger partial charge in [0.1, 0.15) is 5.82 Å². The number of hydrogen-bond donors (Lipinski definition) is 2. The molecule has 0 aliphatic heterocycles. The van der Waals surface area contributed by atoms with Gasteiger partial charge in [-0.05, 0) is 44.8 Å². The van der Waals surface area contributed by atoms with Crippen molar-refractivity contribution in [2.24, 2.45) is 0 Å². The van der Waals surface area contributed by atoms with E-state index in [1.165, 1.54) is 6.07 Å². The molecule has 30 heavy (non-hydrogen) atoms. The van der Waals surface area contributed by atoms with E-state index in [9.17, 15) is 10.1 Å². The Morgan fingerprint density at radius 1 is 1.07 bits per heavy atom. The standard InChI is InChI=1S/C21H25N7O2/c1-27(2)12-4-9-23-21-25-19(17-7-10-22-11-8-17)14-20(26-21)24-15-16-5-3-6-18(13-16)28(29)30/h3,5-8,10-11,13-14H,4,9,12,15H2,1-2H3,(H2,23,24,25,26). The molecule has 156 valence electrons. The molecular weight excluding hydrogens is 382 g/mol. The third-order valence-corrected chi connectivity index (χ3v) is 4.36. The maximum Gasteiger partial charge on any atom is 0.269 e. The molecule has 0 aliphatic carbocycles. The van der Waals surface area contributed by atoms with Crippen LogP contribution in [0.2, 0.25) is 0 Å². The van der Waals surface area contributed by atoms with Crippen LogP contribution in [0.25, 0.3) is 11.3 Å². The monoisotopic (exact) mass is 407 g/mol. The van der Waals surface area contributed by atoms with Gasteiger partial charge in [0.05, 0.1) is 10.6 Å². The summed E-state index contributed by atoms with van der Waals surface area (Å²) in [5.74, 6) is 1.17. The highest BCUT2D eigenvalue weighted by Gasteiger charge is 2.09. The molecule has 0 saturated carbocycles. The van der Waals surface area contributed by atoms with Gasteiger partial charge in [0.15, 0.2) is 0 Å². The molecule has 0 spiro atoms. The molecule has 2 N–H and O–H groups in total. The molecule has 0 amide bonds. The van der Waals surface area contributed by atoms with Crippen LogP contribution >= 0.6 is 0 Å². The summed E-state index contributed by atoms with van der Waals surface area (Å²) in [4.78, 5) is 25.9. The summed E-state index contributed by atoms with van der Waals surface area (Å²) in [5, 5.41) is 17.5. The summed E-state index contributed by atoms with van der Waals surface area (Å²) in [7, 11) is 4.08.